The van der Waals surface area contributed by atoms with Gasteiger partial charge in [-0.2, -0.15) is 0 Å². The number of hydrogen-bond donors (Lipinski definition) is 1. The topological polar surface area (TPSA) is 62.3 Å². The van der Waals surface area contributed by atoms with Crippen molar-refractivity contribution in [3.05, 3.63) is 65.7 Å². The van der Waals surface area contributed by atoms with Crippen molar-refractivity contribution in [3.8, 4) is 0 Å². The molecule has 130 valence electrons. The van der Waals surface area contributed by atoms with Gasteiger partial charge in [-0.3, -0.25) is 14.6 Å². The highest BCUT2D eigenvalue weighted by atomic mass is 19.1. The van der Waals surface area contributed by atoms with Gasteiger partial charge >= 0.3 is 0 Å². The van der Waals surface area contributed by atoms with E-state index in [9.17, 15) is 14.0 Å². The van der Waals surface area contributed by atoms with Gasteiger partial charge in [-0.15, -0.1) is 0 Å². The van der Waals surface area contributed by atoms with Crippen molar-refractivity contribution in [3.63, 3.8) is 0 Å². The van der Waals surface area contributed by atoms with E-state index >= 15 is 0 Å². The lowest BCUT2D eigenvalue weighted by Gasteiger charge is -2.24. The molecule has 2 atom stereocenters. The second kappa shape index (κ2) is 7.42. The Hall–Kier alpha value is -2.76. The van der Waals surface area contributed by atoms with E-state index in [1.807, 2.05) is 6.07 Å². The van der Waals surface area contributed by atoms with Crippen LogP contribution in [-0.2, 0) is 16.0 Å². The standard InChI is InChI=1S/C19H20FN3O2/c1-23-17(24)11-16(18(23)14-3-2-9-21-12-14)19(25)22-10-8-13-4-6-15(20)7-5-13/h2-7,9,12,16,18H,8,10-11H2,1H3,(H,22,25)/t16-,18+/m1/s1. The predicted octanol–water partition coefficient (Wildman–Crippen LogP) is 2.10. The van der Waals surface area contributed by atoms with Crippen molar-refractivity contribution < 1.29 is 14.0 Å². The molecule has 1 fully saturated rings. The lowest BCUT2D eigenvalue weighted by molar-refractivity contribution is -0.128. The third-order valence-corrected chi connectivity index (χ3v) is 4.58. The summed E-state index contributed by atoms with van der Waals surface area (Å²) >= 11 is 0. The fraction of sp³-hybridized carbons (Fsp3) is 0.316. The van der Waals surface area contributed by atoms with Crippen molar-refractivity contribution in [1.82, 2.24) is 15.2 Å². The molecule has 2 heterocycles. The molecule has 0 spiro atoms. The lowest BCUT2D eigenvalue weighted by atomic mass is 9.94. The van der Waals surface area contributed by atoms with Gasteiger partial charge in [-0.05, 0) is 35.7 Å². The van der Waals surface area contributed by atoms with Crippen LogP contribution in [0.2, 0.25) is 0 Å². The molecule has 1 aromatic heterocycles. The summed E-state index contributed by atoms with van der Waals surface area (Å²) < 4.78 is 12.9. The summed E-state index contributed by atoms with van der Waals surface area (Å²) in [6, 6.07) is 9.59. The number of aromatic nitrogens is 1. The number of amides is 2. The highest BCUT2D eigenvalue weighted by molar-refractivity contribution is 5.90. The summed E-state index contributed by atoms with van der Waals surface area (Å²) in [6.45, 7) is 0.443. The number of nitrogens with one attached hydrogen (secondary N) is 1. The van der Waals surface area contributed by atoms with Crippen LogP contribution >= 0.6 is 0 Å². The molecule has 0 radical (unpaired) electrons. The minimum absolute atomic E-state index is 0.0486. The maximum Gasteiger partial charge on any atom is 0.226 e. The highest BCUT2D eigenvalue weighted by Gasteiger charge is 2.42. The van der Waals surface area contributed by atoms with E-state index in [2.05, 4.69) is 10.3 Å². The first-order chi connectivity index (χ1) is 12.1. The minimum Gasteiger partial charge on any atom is -0.355 e. The Morgan fingerprint density at radius 3 is 2.76 bits per heavy atom. The highest BCUT2D eigenvalue weighted by Crippen LogP contribution is 2.36. The number of carbonyl (C=O) groups is 2. The summed E-state index contributed by atoms with van der Waals surface area (Å²) in [5.41, 5.74) is 1.81. The van der Waals surface area contributed by atoms with E-state index < -0.39 is 5.92 Å². The van der Waals surface area contributed by atoms with Crippen molar-refractivity contribution in [2.45, 2.75) is 18.9 Å². The summed E-state index contributed by atoms with van der Waals surface area (Å²) in [4.78, 5) is 30.4. The monoisotopic (exact) mass is 341 g/mol. The van der Waals surface area contributed by atoms with Crippen LogP contribution in [0.15, 0.2) is 48.8 Å². The Bertz CT molecular complexity index is 749. The quantitative estimate of drug-likeness (QED) is 0.906. The summed E-state index contributed by atoms with van der Waals surface area (Å²) in [5, 5.41) is 2.90. The molecule has 6 heteroatoms. The smallest absolute Gasteiger partial charge is 0.226 e. The third kappa shape index (κ3) is 3.84. The van der Waals surface area contributed by atoms with Crippen LogP contribution in [0.1, 0.15) is 23.6 Å². The number of benzene rings is 1. The van der Waals surface area contributed by atoms with Crippen molar-refractivity contribution in [2.75, 3.05) is 13.6 Å². The van der Waals surface area contributed by atoms with Gasteiger partial charge in [-0.25, -0.2) is 4.39 Å². The average molecular weight is 341 g/mol. The molecule has 1 aromatic carbocycles. The van der Waals surface area contributed by atoms with E-state index in [0.717, 1.165) is 11.1 Å². The van der Waals surface area contributed by atoms with Crippen LogP contribution in [0.3, 0.4) is 0 Å². The lowest BCUT2D eigenvalue weighted by Crippen LogP contribution is -2.35. The van der Waals surface area contributed by atoms with Gasteiger partial charge < -0.3 is 10.2 Å². The third-order valence-electron chi connectivity index (χ3n) is 4.58. The molecule has 0 saturated carbocycles. The van der Waals surface area contributed by atoms with Gasteiger partial charge in [0.15, 0.2) is 0 Å². The number of carbonyl (C=O) groups excluding carboxylic acids is 2. The van der Waals surface area contributed by atoms with Crippen LogP contribution in [0.25, 0.3) is 0 Å². The Balaban J connectivity index is 1.63. The van der Waals surface area contributed by atoms with Crippen LogP contribution < -0.4 is 5.32 Å². The van der Waals surface area contributed by atoms with Crippen LogP contribution in [0.5, 0.6) is 0 Å². The Kier molecular flexibility index (Phi) is 5.07. The Labute approximate surface area is 145 Å². The normalized spacial score (nSPS) is 19.9. The molecule has 1 aliphatic rings. The number of halogens is 1. The zero-order chi connectivity index (χ0) is 17.8. The van der Waals surface area contributed by atoms with E-state index in [1.165, 1.54) is 12.1 Å². The number of likely N-dealkylation sites (tertiary alicyclic amines) is 1. The van der Waals surface area contributed by atoms with E-state index in [1.54, 1.807) is 42.5 Å². The molecule has 1 N–H and O–H groups in total. The predicted molar refractivity (Wildman–Crippen MR) is 91.0 cm³/mol. The van der Waals surface area contributed by atoms with Crippen molar-refractivity contribution >= 4 is 11.8 Å². The largest absolute Gasteiger partial charge is 0.355 e. The summed E-state index contributed by atoms with van der Waals surface area (Å²) in [7, 11) is 1.71. The van der Waals surface area contributed by atoms with E-state index in [4.69, 9.17) is 0 Å². The van der Waals surface area contributed by atoms with E-state index in [0.29, 0.717) is 13.0 Å². The van der Waals surface area contributed by atoms with Gasteiger partial charge in [0.2, 0.25) is 11.8 Å². The zero-order valence-electron chi connectivity index (χ0n) is 14.0. The molecule has 2 aromatic rings. The second-order valence-corrected chi connectivity index (χ2v) is 6.21. The van der Waals surface area contributed by atoms with Gasteiger partial charge in [-0.1, -0.05) is 18.2 Å². The average Bonchev–Trinajstić information content (AvgIpc) is 2.92. The number of rotatable bonds is 5. The molecular weight excluding hydrogens is 321 g/mol. The van der Waals surface area contributed by atoms with E-state index in [-0.39, 0.29) is 30.1 Å². The molecule has 1 saturated heterocycles. The maximum absolute atomic E-state index is 12.9. The zero-order valence-corrected chi connectivity index (χ0v) is 14.0. The first-order valence-corrected chi connectivity index (χ1v) is 8.24. The molecule has 0 unspecified atom stereocenters. The summed E-state index contributed by atoms with van der Waals surface area (Å²) in [5.74, 6) is -0.907. The number of nitrogens with zero attached hydrogens (tertiary/aromatic N) is 2. The van der Waals surface area contributed by atoms with Gasteiger partial charge in [0.25, 0.3) is 0 Å². The number of hydrogen-bond acceptors (Lipinski definition) is 3. The van der Waals surface area contributed by atoms with Gasteiger partial charge in [0, 0.05) is 32.4 Å². The molecular formula is C19H20FN3O2. The SMILES string of the molecule is CN1C(=O)C[C@@H](C(=O)NCCc2ccc(F)cc2)[C@@H]1c1cccnc1. The van der Waals surface area contributed by atoms with Gasteiger partial charge in [0.1, 0.15) is 5.82 Å². The molecule has 0 bridgehead atoms. The molecule has 5 nitrogen and oxygen atoms in total. The molecule has 2 amide bonds. The molecule has 1 aliphatic heterocycles. The second-order valence-electron chi connectivity index (χ2n) is 6.21. The molecule has 0 aliphatic carbocycles. The van der Waals surface area contributed by atoms with Crippen LogP contribution in [0.4, 0.5) is 4.39 Å². The van der Waals surface area contributed by atoms with Crippen LogP contribution in [0, 0.1) is 11.7 Å². The first kappa shape index (κ1) is 17.1. The first-order valence-electron chi connectivity index (χ1n) is 8.24. The van der Waals surface area contributed by atoms with Crippen molar-refractivity contribution in [2.24, 2.45) is 5.92 Å². The number of pyridine rings is 1. The maximum atomic E-state index is 12.9. The fourth-order valence-electron chi connectivity index (χ4n) is 3.22. The summed E-state index contributed by atoms with van der Waals surface area (Å²) in [6.07, 6.45) is 4.16. The molecule has 25 heavy (non-hydrogen) atoms. The van der Waals surface area contributed by atoms with Crippen molar-refractivity contribution in [1.29, 1.82) is 0 Å². The minimum atomic E-state index is -0.435. The molecule has 3 rings (SSSR count). The van der Waals surface area contributed by atoms with Gasteiger partial charge in [0.05, 0.1) is 12.0 Å². The Morgan fingerprint density at radius 1 is 1.32 bits per heavy atom. The fourth-order valence-corrected chi connectivity index (χ4v) is 3.22. The van der Waals surface area contributed by atoms with Crippen LogP contribution in [-0.4, -0.2) is 35.3 Å². The Morgan fingerprint density at radius 2 is 2.08 bits per heavy atom.